The summed E-state index contributed by atoms with van der Waals surface area (Å²) in [6.45, 7) is 26.2. The number of aromatic nitrogens is 2. The molecule has 2 aliphatic heterocycles. The van der Waals surface area contributed by atoms with E-state index >= 15 is 0 Å². The van der Waals surface area contributed by atoms with Gasteiger partial charge in [0.2, 0.25) is 0 Å². The standard InChI is InChI=1S/C47H56N4O.Pt/c1-28(2)30-21-31(43-49-41(46(7,8)9)27-50(43)33-16-13-12-14-17-33)23-34(22-30)52-40-26-39-35(20-29(40)3)36-24-32(45(4,5)6)25-38-42(36)51(39)44-37(47(38,10)11)18-15-19-48-44;/h15,18-22,24-25,28,33,41H,12-14,16-17,27H2,1-11H3;/q-2;+2/t41-;/m0./s1. The van der Waals surface area contributed by atoms with Crippen molar-refractivity contribution in [1.29, 1.82) is 0 Å². The van der Waals surface area contributed by atoms with Crippen LogP contribution in [-0.2, 0) is 31.9 Å². The summed E-state index contributed by atoms with van der Waals surface area (Å²) in [4.78, 5) is 13.1. The van der Waals surface area contributed by atoms with E-state index in [4.69, 9.17) is 14.7 Å². The molecule has 4 heterocycles. The van der Waals surface area contributed by atoms with E-state index in [0.29, 0.717) is 12.0 Å². The van der Waals surface area contributed by atoms with Crippen LogP contribution in [0.25, 0.3) is 27.6 Å². The third kappa shape index (κ3) is 6.47. The van der Waals surface area contributed by atoms with E-state index in [9.17, 15) is 0 Å². The number of ether oxygens (including phenoxy) is 1. The molecule has 0 N–H and O–H groups in total. The average molecular weight is 888 g/mol. The second kappa shape index (κ2) is 13.4. The predicted molar refractivity (Wildman–Crippen MR) is 216 cm³/mol. The molecular formula is C47H56N4OPt. The molecule has 6 heteroatoms. The van der Waals surface area contributed by atoms with Gasteiger partial charge in [-0.1, -0.05) is 131 Å². The molecule has 1 aliphatic carbocycles. The fourth-order valence-electron chi connectivity index (χ4n) is 8.76. The number of nitrogens with zero attached hydrogens (tertiary/aromatic N) is 4. The summed E-state index contributed by atoms with van der Waals surface area (Å²) in [6.07, 6.45) is 8.31. The molecule has 0 unspecified atom stereocenters. The predicted octanol–water partition coefficient (Wildman–Crippen LogP) is 11.7. The normalized spacial score (nSPS) is 18.8. The van der Waals surface area contributed by atoms with Crippen LogP contribution in [-0.4, -0.2) is 38.9 Å². The molecule has 0 radical (unpaired) electrons. The summed E-state index contributed by atoms with van der Waals surface area (Å²) in [7, 11) is 0. The van der Waals surface area contributed by atoms with Crippen LogP contribution in [0.2, 0.25) is 0 Å². The quantitative estimate of drug-likeness (QED) is 0.165. The van der Waals surface area contributed by atoms with Gasteiger partial charge in [0.15, 0.2) is 0 Å². The van der Waals surface area contributed by atoms with Gasteiger partial charge in [-0.25, -0.2) is 4.98 Å². The van der Waals surface area contributed by atoms with Crippen molar-refractivity contribution in [3.8, 4) is 17.3 Å². The molecule has 3 aromatic carbocycles. The largest absolute Gasteiger partial charge is 2.00 e. The van der Waals surface area contributed by atoms with E-state index in [0.717, 1.165) is 46.3 Å². The third-order valence-electron chi connectivity index (χ3n) is 12.2. The van der Waals surface area contributed by atoms with E-state index in [2.05, 4.69) is 140 Å². The Kier molecular flexibility index (Phi) is 9.57. The summed E-state index contributed by atoms with van der Waals surface area (Å²) in [5, 5.41) is 2.43. The van der Waals surface area contributed by atoms with E-state index in [1.807, 2.05) is 6.20 Å². The maximum Gasteiger partial charge on any atom is 2.00 e. The summed E-state index contributed by atoms with van der Waals surface area (Å²) < 4.78 is 9.25. The third-order valence-corrected chi connectivity index (χ3v) is 12.2. The summed E-state index contributed by atoms with van der Waals surface area (Å²) in [5.74, 6) is 3.83. The number of hydrogen-bond donors (Lipinski definition) is 0. The van der Waals surface area contributed by atoms with Crippen molar-refractivity contribution in [2.75, 3.05) is 6.54 Å². The molecule has 0 saturated heterocycles. The van der Waals surface area contributed by atoms with Gasteiger partial charge in [0.25, 0.3) is 0 Å². The Balaban J connectivity index is 0.00000435. The second-order valence-electron chi connectivity index (χ2n) is 18.8. The Morgan fingerprint density at radius 1 is 0.906 bits per heavy atom. The van der Waals surface area contributed by atoms with Crippen LogP contribution in [0.15, 0.2) is 53.7 Å². The number of amidine groups is 1. The Labute approximate surface area is 331 Å². The van der Waals surface area contributed by atoms with Crippen molar-refractivity contribution in [2.24, 2.45) is 10.4 Å². The first-order chi connectivity index (χ1) is 24.5. The Morgan fingerprint density at radius 3 is 2.32 bits per heavy atom. The number of rotatable bonds is 5. The number of hydrogen-bond acceptors (Lipinski definition) is 4. The molecule has 1 fully saturated rings. The van der Waals surface area contributed by atoms with Crippen molar-refractivity contribution >= 4 is 27.6 Å². The molecule has 1 atom stereocenters. The minimum Gasteiger partial charge on any atom is -0.503 e. The van der Waals surface area contributed by atoms with Crippen molar-refractivity contribution in [3.05, 3.63) is 94.2 Å². The van der Waals surface area contributed by atoms with Crippen LogP contribution < -0.4 is 4.74 Å². The fourth-order valence-corrected chi connectivity index (χ4v) is 8.76. The molecule has 5 aromatic rings. The zero-order valence-corrected chi connectivity index (χ0v) is 35.9. The average Bonchev–Trinajstić information content (AvgIpc) is 3.68. The number of pyridine rings is 1. The fraction of sp³-hybridized carbons (Fsp3) is 0.489. The van der Waals surface area contributed by atoms with Gasteiger partial charge >= 0.3 is 21.1 Å². The Bertz CT molecular complexity index is 2240. The van der Waals surface area contributed by atoms with E-state index in [1.165, 1.54) is 70.6 Å². The summed E-state index contributed by atoms with van der Waals surface area (Å²) >= 11 is 0. The number of aliphatic imine (C=N–C) groups is 1. The Hall–Kier alpha value is -3.43. The molecule has 5 nitrogen and oxygen atoms in total. The van der Waals surface area contributed by atoms with Crippen LogP contribution in [0.5, 0.6) is 11.5 Å². The second-order valence-corrected chi connectivity index (χ2v) is 18.8. The van der Waals surface area contributed by atoms with E-state index in [1.54, 1.807) is 0 Å². The maximum atomic E-state index is 6.92. The smallest absolute Gasteiger partial charge is 0.503 e. The topological polar surface area (TPSA) is 42.6 Å². The SMILES string of the molecule is Cc1cc2c3cc(C(C)(C)C)cc4c3n(c2[c-]c1Oc1[c-]c(C2=N[C@H](C(C)(C)C)CN2C2CCCCC2)cc(C(C)C)c1)-c1ncccc1C4(C)C.[Pt+2]. The van der Waals surface area contributed by atoms with Gasteiger partial charge in [-0.15, -0.1) is 34.2 Å². The zero-order valence-electron chi connectivity index (χ0n) is 33.6. The molecule has 0 spiro atoms. The van der Waals surface area contributed by atoms with Crippen LogP contribution >= 0.6 is 0 Å². The minimum atomic E-state index is -0.203. The molecule has 53 heavy (non-hydrogen) atoms. The molecule has 3 aliphatic rings. The molecule has 2 aromatic heterocycles. The molecule has 1 saturated carbocycles. The number of benzene rings is 3. The van der Waals surface area contributed by atoms with Crippen LogP contribution in [0.1, 0.15) is 141 Å². The minimum absolute atomic E-state index is 0. The summed E-state index contributed by atoms with van der Waals surface area (Å²) in [5.41, 5.74) is 9.32. The molecule has 280 valence electrons. The first kappa shape index (κ1) is 37.9. The van der Waals surface area contributed by atoms with Gasteiger partial charge in [0.05, 0.1) is 6.04 Å². The van der Waals surface area contributed by atoms with Gasteiger partial charge in [0, 0.05) is 52.6 Å². The monoisotopic (exact) mass is 887 g/mol. The summed E-state index contributed by atoms with van der Waals surface area (Å²) in [6, 6.07) is 24.2. The maximum absolute atomic E-state index is 6.92. The van der Waals surface area contributed by atoms with Crippen LogP contribution in [0.3, 0.4) is 0 Å². The number of fused-ring (bicyclic) bond motifs is 5. The van der Waals surface area contributed by atoms with Gasteiger partial charge in [0.1, 0.15) is 5.82 Å². The number of aryl methyl sites for hydroxylation is 1. The Morgan fingerprint density at radius 2 is 1.64 bits per heavy atom. The van der Waals surface area contributed by atoms with E-state index < -0.39 is 0 Å². The van der Waals surface area contributed by atoms with Crippen LogP contribution in [0, 0.1) is 24.5 Å². The van der Waals surface area contributed by atoms with E-state index in [-0.39, 0.29) is 43.4 Å². The molecule has 0 bridgehead atoms. The van der Waals surface area contributed by atoms with Crippen molar-refractivity contribution in [2.45, 2.75) is 137 Å². The zero-order chi connectivity index (χ0) is 36.9. The molecule has 8 rings (SSSR count). The van der Waals surface area contributed by atoms with Crippen molar-refractivity contribution in [3.63, 3.8) is 0 Å². The molecule has 0 amide bonds. The van der Waals surface area contributed by atoms with Gasteiger partial charge in [-0.05, 0) is 52.2 Å². The van der Waals surface area contributed by atoms with Crippen LogP contribution in [0.4, 0.5) is 0 Å². The molecular weight excluding hydrogens is 832 g/mol. The van der Waals surface area contributed by atoms with Gasteiger partial charge < -0.3 is 19.2 Å². The van der Waals surface area contributed by atoms with Gasteiger partial charge in [-0.2, -0.15) is 6.07 Å². The van der Waals surface area contributed by atoms with Crippen molar-refractivity contribution in [1.82, 2.24) is 14.5 Å². The first-order valence-electron chi connectivity index (χ1n) is 19.6. The first-order valence-corrected chi connectivity index (χ1v) is 19.6. The van der Waals surface area contributed by atoms with Gasteiger partial charge in [-0.3, -0.25) is 0 Å². The van der Waals surface area contributed by atoms with Crippen molar-refractivity contribution < 1.29 is 25.8 Å².